The van der Waals surface area contributed by atoms with E-state index < -0.39 is 8.32 Å². The van der Waals surface area contributed by atoms with Crippen molar-refractivity contribution in [3.8, 4) is 22.6 Å². The Morgan fingerprint density at radius 3 is 2.39 bits per heavy atom. The van der Waals surface area contributed by atoms with Gasteiger partial charge in [0.05, 0.1) is 13.7 Å². The quantitative estimate of drug-likeness (QED) is 0.285. The molecule has 0 radical (unpaired) electrons. The average molecular weight is 474 g/mol. The minimum absolute atomic E-state index is 0.0943. The molecule has 1 atom stereocenters. The standard InChI is InChI=1S/C26H39NO5Si/c1-9-12-30-25-14-20(10-11-24(25)29-6)21-13-22(16-27-15-21)23(17-31-19(2)28)18-32-33(7,8)26(3,4)5/h10-11,13-16,23H,9,12,17-18H2,1-8H3. The van der Waals surface area contributed by atoms with Gasteiger partial charge in [-0.3, -0.25) is 9.78 Å². The van der Waals surface area contributed by atoms with Crippen LogP contribution in [0.3, 0.4) is 0 Å². The monoisotopic (exact) mass is 473 g/mol. The largest absolute Gasteiger partial charge is 0.493 e. The second kappa shape index (κ2) is 11.7. The molecule has 0 amide bonds. The van der Waals surface area contributed by atoms with Crippen LogP contribution >= 0.6 is 0 Å². The molecule has 2 aromatic rings. The predicted octanol–water partition coefficient (Wildman–Crippen LogP) is 6.21. The molecule has 1 aromatic heterocycles. The SMILES string of the molecule is CCCOc1cc(-c2cncc(C(COC(C)=O)CO[Si](C)(C)C(C)(C)C)c2)ccc1OC. The number of carbonyl (C=O) groups is 1. The van der Waals surface area contributed by atoms with Crippen LogP contribution in [-0.2, 0) is 14.0 Å². The van der Waals surface area contributed by atoms with Gasteiger partial charge in [0, 0.05) is 37.4 Å². The van der Waals surface area contributed by atoms with Gasteiger partial charge in [-0.05, 0) is 53.9 Å². The second-order valence-corrected chi connectivity index (χ2v) is 14.6. The molecule has 182 valence electrons. The van der Waals surface area contributed by atoms with Gasteiger partial charge in [-0.25, -0.2) is 0 Å². The van der Waals surface area contributed by atoms with Crippen LogP contribution < -0.4 is 9.47 Å². The highest BCUT2D eigenvalue weighted by Crippen LogP contribution is 2.38. The smallest absolute Gasteiger partial charge is 0.302 e. The van der Waals surface area contributed by atoms with Gasteiger partial charge in [0.2, 0.25) is 0 Å². The maximum atomic E-state index is 11.5. The number of esters is 1. The molecule has 0 aliphatic rings. The summed E-state index contributed by atoms with van der Waals surface area (Å²) in [6.07, 6.45) is 4.56. The van der Waals surface area contributed by atoms with Crippen LogP contribution in [-0.4, -0.2) is 46.2 Å². The van der Waals surface area contributed by atoms with E-state index in [4.69, 9.17) is 18.6 Å². The van der Waals surface area contributed by atoms with Crippen molar-refractivity contribution in [1.29, 1.82) is 0 Å². The highest BCUT2D eigenvalue weighted by atomic mass is 28.4. The van der Waals surface area contributed by atoms with E-state index in [1.165, 1.54) is 6.92 Å². The molecule has 0 saturated carbocycles. The summed E-state index contributed by atoms with van der Waals surface area (Å²) >= 11 is 0. The van der Waals surface area contributed by atoms with Crippen molar-refractivity contribution in [3.05, 3.63) is 42.2 Å². The second-order valence-electron chi connectivity index (χ2n) is 9.79. The predicted molar refractivity (Wildman–Crippen MR) is 135 cm³/mol. The van der Waals surface area contributed by atoms with Crippen LogP contribution in [0.15, 0.2) is 36.7 Å². The molecule has 6 nitrogen and oxygen atoms in total. The molecule has 0 saturated heterocycles. The number of hydrogen-bond donors (Lipinski definition) is 0. The van der Waals surface area contributed by atoms with Crippen molar-refractivity contribution in [2.45, 2.75) is 65.1 Å². The number of ether oxygens (including phenoxy) is 3. The molecule has 0 fully saturated rings. The van der Waals surface area contributed by atoms with Crippen molar-refractivity contribution < 1.29 is 23.4 Å². The molecule has 0 N–H and O–H groups in total. The van der Waals surface area contributed by atoms with Gasteiger partial charge in [0.15, 0.2) is 19.8 Å². The van der Waals surface area contributed by atoms with Gasteiger partial charge in [-0.15, -0.1) is 0 Å². The summed E-state index contributed by atoms with van der Waals surface area (Å²) in [5.74, 6) is 1.00. The van der Waals surface area contributed by atoms with Crippen LogP contribution in [0, 0.1) is 0 Å². The average Bonchev–Trinajstić information content (AvgIpc) is 2.76. The van der Waals surface area contributed by atoms with E-state index in [1.54, 1.807) is 7.11 Å². The highest BCUT2D eigenvalue weighted by molar-refractivity contribution is 6.74. The lowest BCUT2D eigenvalue weighted by atomic mass is 9.98. The first-order chi connectivity index (χ1) is 15.5. The van der Waals surface area contributed by atoms with Gasteiger partial charge in [-0.2, -0.15) is 0 Å². The van der Waals surface area contributed by atoms with Crippen LogP contribution in [0.25, 0.3) is 11.1 Å². The number of methoxy groups -OCH3 is 1. The third-order valence-corrected chi connectivity index (χ3v) is 10.6. The van der Waals surface area contributed by atoms with E-state index in [9.17, 15) is 4.79 Å². The normalized spacial score (nSPS) is 12.8. The maximum Gasteiger partial charge on any atom is 0.302 e. The maximum absolute atomic E-state index is 11.5. The first kappa shape index (κ1) is 26.9. The lowest BCUT2D eigenvalue weighted by Gasteiger charge is -2.37. The Bertz CT molecular complexity index is 923. The Kier molecular flexibility index (Phi) is 9.49. The lowest BCUT2D eigenvalue weighted by Crippen LogP contribution is -2.42. The molecular weight excluding hydrogens is 434 g/mol. The fourth-order valence-electron chi connectivity index (χ4n) is 3.00. The lowest BCUT2D eigenvalue weighted by molar-refractivity contribution is -0.141. The van der Waals surface area contributed by atoms with E-state index in [2.05, 4.69) is 51.8 Å². The van der Waals surface area contributed by atoms with Crippen molar-refractivity contribution in [3.63, 3.8) is 0 Å². The van der Waals surface area contributed by atoms with Crippen molar-refractivity contribution in [1.82, 2.24) is 4.98 Å². The number of benzene rings is 1. The zero-order chi connectivity index (χ0) is 24.6. The zero-order valence-corrected chi connectivity index (χ0v) is 22.4. The van der Waals surface area contributed by atoms with Crippen LogP contribution in [0.5, 0.6) is 11.5 Å². The topological polar surface area (TPSA) is 66.9 Å². The first-order valence-corrected chi connectivity index (χ1v) is 14.4. The summed E-state index contributed by atoms with van der Waals surface area (Å²) < 4.78 is 23.2. The molecule has 1 aromatic carbocycles. The van der Waals surface area contributed by atoms with Crippen molar-refractivity contribution in [2.24, 2.45) is 0 Å². The van der Waals surface area contributed by atoms with Crippen LogP contribution in [0.4, 0.5) is 0 Å². The van der Waals surface area contributed by atoms with E-state index >= 15 is 0 Å². The number of rotatable bonds is 11. The molecule has 0 aliphatic heterocycles. The minimum Gasteiger partial charge on any atom is -0.493 e. The van der Waals surface area contributed by atoms with E-state index in [-0.39, 0.29) is 23.5 Å². The molecule has 7 heteroatoms. The highest BCUT2D eigenvalue weighted by Gasteiger charge is 2.37. The Morgan fingerprint density at radius 1 is 1.06 bits per heavy atom. The minimum atomic E-state index is -1.96. The third kappa shape index (κ3) is 7.57. The van der Waals surface area contributed by atoms with Gasteiger partial charge >= 0.3 is 5.97 Å². The Balaban J connectivity index is 2.34. The fourth-order valence-corrected chi connectivity index (χ4v) is 4.05. The van der Waals surface area contributed by atoms with Crippen LogP contribution in [0.1, 0.15) is 52.5 Å². The van der Waals surface area contributed by atoms with Gasteiger partial charge in [-0.1, -0.05) is 33.8 Å². The molecule has 33 heavy (non-hydrogen) atoms. The zero-order valence-electron chi connectivity index (χ0n) is 21.4. The van der Waals surface area contributed by atoms with E-state index in [0.29, 0.717) is 24.7 Å². The summed E-state index contributed by atoms with van der Waals surface area (Å²) in [7, 11) is -0.320. The van der Waals surface area contributed by atoms with Gasteiger partial charge in [0.1, 0.15) is 6.61 Å². The molecule has 0 spiro atoms. The Hall–Kier alpha value is -2.38. The number of nitrogens with zero attached hydrogens (tertiary/aromatic N) is 1. The molecule has 1 unspecified atom stereocenters. The Labute approximate surface area is 199 Å². The first-order valence-electron chi connectivity index (χ1n) is 11.5. The van der Waals surface area contributed by atoms with Crippen LogP contribution in [0.2, 0.25) is 18.1 Å². The summed E-state index contributed by atoms with van der Waals surface area (Å²) in [5.41, 5.74) is 2.91. The summed E-state index contributed by atoms with van der Waals surface area (Å²) in [6.45, 7) is 15.9. The van der Waals surface area contributed by atoms with E-state index in [1.807, 2.05) is 30.6 Å². The molecule has 2 rings (SSSR count). The summed E-state index contributed by atoms with van der Waals surface area (Å²) in [5, 5.41) is 0.0943. The van der Waals surface area contributed by atoms with Gasteiger partial charge < -0.3 is 18.6 Å². The molecule has 1 heterocycles. The number of pyridine rings is 1. The van der Waals surface area contributed by atoms with Crippen molar-refractivity contribution in [2.75, 3.05) is 26.9 Å². The Morgan fingerprint density at radius 2 is 1.79 bits per heavy atom. The molecular formula is C26H39NO5Si. The molecule has 0 aliphatic carbocycles. The number of hydrogen-bond acceptors (Lipinski definition) is 6. The van der Waals surface area contributed by atoms with Gasteiger partial charge in [0.25, 0.3) is 0 Å². The molecule has 0 bridgehead atoms. The summed E-state index contributed by atoms with van der Waals surface area (Å²) in [6, 6.07) is 7.96. The van der Waals surface area contributed by atoms with Crippen molar-refractivity contribution >= 4 is 14.3 Å². The third-order valence-electron chi connectivity index (χ3n) is 6.13. The number of aromatic nitrogens is 1. The summed E-state index contributed by atoms with van der Waals surface area (Å²) in [4.78, 5) is 16.0. The van der Waals surface area contributed by atoms with E-state index in [0.717, 1.165) is 23.1 Å². The number of carbonyl (C=O) groups excluding carboxylic acids is 1. The fraction of sp³-hybridized carbons (Fsp3) is 0.538.